The second kappa shape index (κ2) is 6.68. The van der Waals surface area contributed by atoms with Gasteiger partial charge in [-0.15, -0.1) is 0 Å². The van der Waals surface area contributed by atoms with E-state index in [0.29, 0.717) is 17.5 Å². The quantitative estimate of drug-likeness (QED) is 0.880. The molecule has 0 radical (unpaired) electrons. The Kier molecular flexibility index (Phi) is 5.17. The Balaban J connectivity index is 2.00. The maximum atomic E-state index is 13.3. The molecule has 0 amide bonds. The topological polar surface area (TPSA) is 32.3 Å². The highest BCUT2D eigenvalue weighted by molar-refractivity contribution is 5.26. The molecule has 1 saturated carbocycles. The van der Waals surface area contributed by atoms with Gasteiger partial charge >= 0.3 is 0 Å². The fourth-order valence-corrected chi connectivity index (χ4v) is 3.13. The van der Waals surface area contributed by atoms with Crippen LogP contribution in [0.1, 0.15) is 56.8 Å². The van der Waals surface area contributed by atoms with Crippen molar-refractivity contribution in [2.75, 3.05) is 0 Å². The molecule has 0 aliphatic heterocycles. The first-order chi connectivity index (χ1) is 9.49. The first-order valence-electron chi connectivity index (χ1n) is 7.69. The number of aliphatic hydroxyl groups is 1. The fourth-order valence-electron chi connectivity index (χ4n) is 3.13. The molecule has 0 heterocycles. The van der Waals surface area contributed by atoms with E-state index in [2.05, 4.69) is 12.2 Å². The number of aliphatic hydroxyl groups excluding tert-OH is 1. The van der Waals surface area contributed by atoms with Crippen molar-refractivity contribution in [3.05, 3.63) is 35.1 Å². The fraction of sp³-hybridized carbons (Fsp3) is 0.647. The molecule has 2 nitrogen and oxygen atoms in total. The van der Waals surface area contributed by atoms with Crippen LogP contribution in [0.25, 0.3) is 0 Å². The predicted molar refractivity (Wildman–Crippen MR) is 80.1 cm³/mol. The van der Waals surface area contributed by atoms with Crippen molar-refractivity contribution in [2.45, 2.75) is 64.6 Å². The minimum Gasteiger partial charge on any atom is -0.387 e. The van der Waals surface area contributed by atoms with Gasteiger partial charge in [0.2, 0.25) is 0 Å². The number of hydrogen-bond donors (Lipinski definition) is 2. The van der Waals surface area contributed by atoms with E-state index >= 15 is 0 Å². The summed E-state index contributed by atoms with van der Waals surface area (Å²) < 4.78 is 13.3. The van der Waals surface area contributed by atoms with Crippen LogP contribution < -0.4 is 5.32 Å². The van der Waals surface area contributed by atoms with E-state index in [1.165, 1.54) is 31.7 Å². The Bertz CT molecular complexity index is 449. The molecule has 1 aliphatic rings. The zero-order valence-electron chi connectivity index (χ0n) is 12.7. The molecule has 112 valence electrons. The van der Waals surface area contributed by atoms with Gasteiger partial charge in [0.1, 0.15) is 5.82 Å². The number of nitrogens with one attached hydrogen (secondary N) is 1. The van der Waals surface area contributed by atoms with E-state index in [-0.39, 0.29) is 11.9 Å². The van der Waals surface area contributed by atoms with Gasteiger partial charge in [0, 0.05) is 12.1 Å². The maximum absolute atomic E-state index is 13.3. The molecule has 4 unspecified atom stereocenters. The van der Waals surface area contributed by atoms with Gasteiger partial charge in [-0.3, -0.25) is 0 Å². The van der Waals surface area contributed by atoms with E-state index < -0.39 is 6.10 Å². The molecule has 1 aromatic carbocycles. The lowest BCUT2D eigenvalue weighted by molar-refractivity contribution is 0.117. The SMILES string of the molecule is Cc1cc(C(O)C(C)NC2CCCCC2C)ccc1F. The zero-order chi connectivity index (χ0) is 14.7. The molecule has 2 rings (SSSR count). The largest absolute Gasteiger partial charge is 0.387 e. The van der Waals surface area contributed by atoms with Gasteiger partial charge in [-0.1, -0.05) is 31.9 Å². The van der Waals surface area contributed by atoms with Gasteiger partial charge in [-0.05, 0) is 49.8 Å². The molecule has 1 aromatic rings. The first-order valence-corrected chi connectivity index (χ1v) is 7.69. The van der Waals surface area contributed by atoms with Crippen LogP contribution in [0.15, 0.2) is 18.2 Å². The van der Waals surface area contributed by atoms with E-state index in [1.807, 2.05) is 6.92 Å². The van der Waals surface area contributed by atoms with Crippen molar-refractivity contribution in [1.29, 1.82) is 0 Å². The van der Waals surface area contributed by atoms with Crippen molar-refractivity contribution in [3.8, 4) is 0 Å². The number of aryl methyl sites for hydroxylation is 1. The molecule has 20 heavy (non-hydrogen) atoms. The molecule has 0 saturated heterocycles. The Hall–Kier alpha value is -0.930. The third-order valence-electron chi connectivity index (χ3n) is 4.59. The van der Waals surface area contributed by atoms with Gasteiger partial charge < -0.3 is 10.4 Å². The van der Waals surface area contributed by atoms with Gasteiger partial charge in [0.25, 0.3) is 0 Å². The number of hydrogen-bond acceptors (Lipinski definition) is 2. The molecule has 1 fully saturated rings. The molecular weight excluding hydrogens is 253 g/mol. The third-order valence-corrected chi connectivity index (χ3v) is 4.59. The molecular formula is C17H26FNO. The second-order valence-electron chi connectivity index (χ2n) is 6.28. The van der Waals surface area contributed by atoms with Crippen LogP contribution in [0.5, 0.6) is 0 Å². The predicted octanol–water partition coefficient (Wildman–Crippen LogP) is 3.72. The number of rotatable bonds is 4. The third kappa shape index (κ3) is 3.58. The number of benzene rings is 1. The maximum Gasteiger partial charge on any atom is 0.126 e. The normalized spacial score (nSPS) is 26.2. The minimum absolute atomic E-state index is 0.0228. The van der Waals surface area contributed by atoms with E-state index in [0.717, 1.165) is 5.56 Å². The monoisotopic (exact) mass is 279 g/mol. The summed E-state index contributed by atoms with van der Waals surface area (Å²) in [5.74, 6) is 0.441. The minimum atomic E-state index is -0.594. The van der Waals surface area contributed by atoms with Crippen molar-refractivity contribution in [2.24, 2.45) is 5.92 Å². The average molecular weight is 279 g/mol. The second-order valence-corrected chi connectivity index (χ2v) is 6.28. The molecule has 0 aromatic heterocycles. The van der Waals surface area contributed by atoms with Gasteiger partial charge in [0.05, 0.1) is 6.10 Å². The van der Waals surface area contributed by atoms with Gasteiger partial charge in [-0.2, -0.15) is 0 Å². The molecule has 4 atom stereocenters. The molecule has 0 bridgehead atoms. The van der Waals surface area contributed by atoms with Crippen LogP contribution in [0, 0.1) is 18.7 Å². The van der Waals surface area contributed by atoms with E-state index in [1.54, 1.807) is 19.1 Å². The van der Waals surface area contributed by atoms with Gasteiger partial charge in [-0.25, -0.2) is 4.39 Å². The summed E-state index contributed by atoms with van der Waals surface area (Å²) in [5.41, 5.74) is 1.37. The van der Waals surface area contributed by atoms with Crippen LogP contribution in [-0.2, 0) is 0 Å². The van der Waals surface area contributed by atoms with Crippen LogP contribution in [0.4, 0.5) is 4.39 Å². The van der Waals surface area contributed by atoms with Crippen molar-refractivity contribution in [3.63, 3.8) is 0 Å². The summed E-state index contributed by atoms with van der Waals surface area (Å²) in [5, 5.41) is 14.0. The summed E-state index contributed by atoms with van der Waals surface area (Å²) in [6.45, 7) is 6.01. The zero-order valence-corrected chi connectivity index (χ0v) is 12.7. The van der Waals surface area contributed by atoms with E-state index in [9.17, 15) is 9.50 Å². The van der Waals surface area contributed by atoms with Crippen LogP contribution in [-0.4, -0.2) is 17.2 Å². The molecule has 3 heteroatoms. The lowest BCUT2D eigenvalue weighted by Gasteiger charge is -2.33. The van der Waals surface area contributed by atoms with Crippen molar-refractivity contribution in [1.82, 2.24) is 5.32 Å². The van der Waals surface area contributed by atoms with Crippen LogP contribution >= 0.6 is 0 Å². The number of halogens is 1. The Morgan fingerprint density at radius 1 is 1.30 bits per heavy atom. The summed E-state index contributed by atoms with van der Waals surface area (Å²) >= 11 is 0. The highest BCUT2D eigenvalue weighted by Crippen LogP contribution is 2.26. The molecule has 0 spiro atoms. The Labute approximate surface area is 121 Å². The summed E-state index contributed by atoms with van der Waals surface area (Å²) in [4.78, 5) is 0. The summed E-state index contributed by atoms with van der Waals surface area (Å²) in [6.07, 6.45) is 4.42. The molecule has 1 aliphatic carbocycles. The Morgan fingerprint density at radius 3 is 2.65 bits per heavy atom. The summed E-state index contributed by atoms with van der Waals surface area (Å²) in [6, 6.07) is 5.31. The first kappa shape index (κ1) is 15.5. The highest BCUT2D eigenvalue weighted by atomic mass is 19.1. The highest BCUT2D eigenvalue weighted by Gasteiger charge is 2.25. The molecule has 2 N–H and O–H groups in total. The Morgan fingerprint density at radius 2 is 2.00 bits per heavy atom. The van der Waals surface area contributed by atoms with Crippen LogP contribution in [0.2, 0.25) is 0 Å². The van der Waals surface area contributed by atoms with Gasteiger partial charge in [0.15, 0.2) is 0 Å². The van der Waals surface area contributed by atoms with Crippen molar-refractivity contribution < 1.29 is 9.50 Å². The lowest BCUT2D eigenvalue weighted by Crippen LogP contribution is -2.44. The standard InChI is InChI=1S/C17H26FNO/c1-11-6-4-5-7-16(11)19-13(3)17(20)14-8-9-15(18)12(2)10-14/h8-11,13,16-17,19-20H,4-7H2,1-3H3. The summed E-state index contributed by atoms with van der Waals surface area (Å²) in [7, 11) is 0. The van der Waals surface area contributed by atoms with Crippen LogP contribution in [0.3, 0.4) is 0 Å². The smallest absolute Gasteiger partial charge is 0.126 e. The van der Waals surface area contributed by atoms with Crippen molar-refractivity contribution >= 4 is 0 Å². The van der Waals surface area contributed by atoms with E-state index in [4.69, 9.17) is 0 Å². The lowest BCUT2D eigenvalue weighted by atomic mass is 9.85. The average Bonchev–Trinajstić information content (AvgIpc) is 2.43.